The highest BCUT2D eigenvalue weighted by Crippen LogP contribution is 2.31. The van der Waals surface area contributed by atoms with Crippen molar-refractivity contribution < 1.29 is 0 Å². The van der Waals surface area contributed by atoms with Gasteiger partial charge in [0.05, 0.1) is 11.2 Å². The van der Waals surface area contributed by atoms with E-state index in [9.17, 15) is 0 Å². The predicted octanol–water partition coefficient (Wildman–Crippen LogP) is 5.35. The Kier molecular flexibility index (Phi) is 3.99. The van der Waals surface area contributed by atoms with Crippen molar-refractivity contribution in [2.45, 2.75) is 33.6 Å². The van der Waals surface area contributed by atoms with E-state index in [0.29, 0.717) is 0 Å². The van der Waals surface area contributed by atoms with Gasteiger partial charge in [-0.25, -0.2) is 0 Å². The van der Waals surface area contributed by atoms with E-state index in [-0.39, 0.29) is 5.92 Å². The predicted molar refractivity (Wildman–Crippen MR) is 97.8 cm³/mol. The molecule has 23 heavy (non-hydrogen) atoms. The summed E-state index contributed by atoms with van der Waals surface area (Å²) in [6.07, 6.45) is 5.75. The van der Waals surface area contributed by atoms with Crippen molar-refractivity contribution in [3.8, 4) is 0 Å². The van der Waals surface area contributed by atoms with Gasteiger partial charge < -0.3 is 0 Å². The van der Waals surface area contributed by atoms with Crippen molar-refractivity contribution in [1.29, 1.82) is 0 Å². The van der Waals surface area contributed by atoms with Crippen LogP contribution in [0.1, 0.15) is 46.4 Å². The standard InChI is InChI=1S/C21H22N2/c1-6-17-11-19-18(7-8-22-20(19)10-14(17)3)16(5)21-15(4)9-13(2)12-23-21/h6-12,16H,1H2,2-5H3. The van der Waals surface area contributed by atoms with Gasteiger partial charge in [0.25, 0.3) is 0 Å². The summed E-state index contributed by atoms with van der Waals surface area (Å²) in [5, 5.41) is 1.18. The zero-order valence-corrected chi connectivity index (χ0v) is 14.2. The summed E-state index contributed by atoms with van der Waals surface area (Å²) in [7, 11) is 0. The lowest BCUT2D eigenvalue weighted by atomic mass is 9.90. The van der Waals surface area contributed by atoms with Crippen molar-refractivity contribution in [1.82, 2.24) is 9.97 Å². The molecule has 1 atom stereocenters. The molecule has 0 fully saturated rings. The maximum atomic E-state index is 4.68. The van der Waals surface area contributed by atoms with Gasteiger partial charge in [-0.3, -0.25) is 9.97 Å². The Bertz CT molecular complexity index is 894. The number of pyridine rings is 2. The van der Waals surface area contributed by atoms with Gasteiger partial charge in [-0.05, 0) is 66.8 Å². The Morgan fingerprint density at radius 3 is 2.52 bits per heavy atom. The molecule has 1 unspecified atom stereocenters. The number of aromatic nitrogens is 2. The highest BCUT2D eigenvalue weighted by Gasteiger charge is 2.16. The molecule has 1 aromatic carbocycles. The first kappa shape index (κ1) is 15.4. The molecule has 0 bridgehead atoms. The lowest BCUT2D eigenvalue weighted by Gasteiger charge is -2.17. The van der Waals surface area contributed by atoms with Crippen LogP contribution < -0.4 is 0 Å². The highest BCUT2D eigenvalue weighted by atomic mass is 14.7. The minimum absolute atomic E-state index is 0.224. The Morgan fingerprint density at radius 1 is 1.04 bits per heavy atom. The summed E-state index contributed by atoms with van der Waals surface area (Å²) in [6, 6.07) is 8.63. The summed E-state index contributed by atoms with van der Waals surface area (Å²) >= 11 is 0. The second-order valence-corrected chi connectivity index (χ2v) is 6.27. The van der Waals surface area contributed by atoms with Gasteiger partial charge >= 0.3 is 0 Å². The van der Waals surface area contributed by atoms with E-state index in [1.807, 2.05) is 18.5 Å². The minimum atomic E-state index is 0.224. The van der Waals surface area contributed by atoms with E-state index in [1.165, 1.54) is 27.6 Å². The van der Waals surface area contributed by atoms with E-state index < -0.39 is 0 Å². The molecule has 0 radical (unpaired) electrons. The molecule has 2 heteroatoms. The first-order valence-electron chi connectivity index (χ1n) is 7.96. The van der Waals surface area contributed by atoms with Crippen molar-refractivity contribution in [2.75, 3.05) is 0 Å². The fraction of sp³-hybridized carbons (Fsp3) is 0.238. The topological polar surface area (TPSA) is 25.8 Å². The van der Waals surface area contributed by atoms with Crippen LogP contribution in [-0.2, 0) is 0 Å². The van der Waals surface area contributed by atoms with E-state index in [1.54, 1.807) is 0 Å². The van der Waals surface area contributed by atoms with Crippen molar-refractivity contribution >= 4 is 17.0 Å². The number of fused-ring (bicyclic) bond motifs is 1. The largest absolute Gasteiger partial charge is 0.260 e. The molecular formula is C21H22N2. The molecular weight excluding hydrogens is 280 g/mol. The van der Waals surface area contributed by atoms with Gasteiger partial charge in [0.15, 0.2) is 0 Å². The number of nitrogens with zero attached hydrogens (tertiary/aromatic N) is 2. The molecule has 0 aliphatic carbocycles. The average molecular weight is 302 g/mol. The highest BCUT2D eigenvalue weighted by molar-refractivity contribution is 5.86. The van der Waals surface area contributed by atoms with Crippen molar-refractivity contribution in [3.05, 3.63) is 76.7 Å². The zero-order valence-electron chi connectivity index (χ0n) is 14.2. The number of aryl methyl sites for hydroxylation is 3. The summed E-state index contributed by atoms with van der Waals surface area (Å²) in [6.45, 7) is 12.4. The summed E-state index contributed by atoms with van der Waals surface area (Å²) in [5.74, 6) is 0.224. The second kappa shape index (κ2) is 5.96. The van der Waals surface area contributed by atoms with Crippen LogP contribution in [0.15, 0.2) is 43.2 Å². The fourth-order valence-corrected chi connectivity index (χ4v) is 3.26. The molecule has 0 aliphatic heterocycles. The molecule has 0 saturated carbocycles. The quantitative estimate of drug-likeness (QED) is 0.651. The third kappa shape index (κ3) is 2.77. The number of hydrogen-bond donors (Lipinski definition) is 0. The Labute approximate surface area is 137 Å². The van der Waals surface area contributed by atoms with Crippen LogP contribution in [0.2, 0.25) is 0 Å². The van der Waals surface area contributed by atoms with Gasteiger partial charge in [-0.2, -0.15) is 0 Å². The molecule has 2 aromatic heterocycles. The van der Waals surface area contributed by atoms with E-state index >= 15 is 0 Å². The van der Waals surface area contributed by atoms with Crippen molar-refractivity contribution in [2.24, 2.45) is 0 Å². The summed E-state index contributed by atoms with van der Waals surface area (Å²) < 4.78 is 0. The smallest absolute Gasteiger partial charge is 0.0708 e. The Balaban J connectivity index is 2.20. The Morgan fingerprint density at radius 2 is 1.83 bits per heavy atom. The Hall–Kier alpha value is -2.48. The number of hydrogen-bond acceptors (Lipinski definition) is 2. The monoisotopic (exact) mass is 302 g/mol. The third-order valence-electron chi connectivity index (χ3n) is 4.52. The molecule has 3 rings (SSSR count). The maximum absolute atomic E-state index is 4.68. The van der Waals surface area contributed by atoms with Gasteiger partial charge in [-0.15, -0.1) is 0 Å². The molecule has 2 heterocycles. The van der Waals surface area contributed by atoms with Gasteiger partial charge in [0.2, 0.25) is 0 Å². The van der Waals surface area contributed by atoms with E-state index in [0.717, 1.165) is 16.8 Å². The fourth-order valence-electron chi connectivity index (χ4n) is 3.26. The first-order valence-corrected chi connectivity index (χ1v) is 7.96. The molecule has 2 nitrogen and oxygen atoms in total. The van der Waals surface area contributed by atoms with Crippen LogP contribution >= 0.6 is 0 Å². The first-order chi connectivity index (χ1) is 11.0. The second-order valence-electron chi connectivity index (χ2n) is 6.27. The molecule has 0 amide bonds. The van der Waals surface area contributed by atoms with Crippen LogP contribution in [-0.4, -0.2) is 9.97 Å². The maximum Gasteiger partial charge on any atom is 0.0708 e. The van der Waals surface area contributed by atoms with Gasteiger partial charge in [-0.1, -0.05) is 25.6 Å². The van der Waals surface area contributed by atoms with Crippen LogP contribution in [0.5, 0.6) is 0 Å². The van der Waals surface area contributed by atoms with Crippen LogP contribution in [0.3, 0.4) is 0 Å². The SMILES string of the molecule is C=Cc1cc2c(C(C)c3ncc(C)cc3C)ccnc2cc1C. The lowest BCUT2D eigenvalue weighted by molar-refractivity contribution is 0.861. The number of rotatable bonds is 3. The minimum Gasteiger partial charge on any atom is -0.260 e. The average Bonchev–Trinajstić information content (AvgIpc) is 2.53. The summed E-state index contributed by atoms with van der Waals surface area (Å²) in [5.41, 5.74) is 8.21. The third-order valence-corrected chi connectivity index (χ3v) is 4.52. The van der Waals surface area contributed by atoms with E-state index in [2.05, 4.69) is 68.5 Å². The molecule has 0 aliphatic rings. The zero-order chi connectivity index (χ0) is 16.6. The van der Waals surface area contributed by atoms with E-state index in [4.69, 9.17) is 0 Å². The molecule has 0 spiro atoms. The van der Waals surface area contributed by atoms with Gasteiger partial charge in [0, 0.05) is 23.7 Å². The molecule has 0 saturated heterocycles. The van der Waals surface area contributed by atoms with Crippen LogP contribution in [0.4, 0.5) is 0 Å². The van der Waals surface area contributed by atoms with Gasteiger partial charge in [0.1, 0.15) is 0 Å². The van der Waals surface area contributed by atoms with Crippen LogP contribution in [0.25, 0.3) is 17.0 Å². The number of benzene rings is 1. The van der Waals surface area contributed by atoms with Crippen LogP contribution in [0, 0.1) is 20.8 Å². The molecule has 116 valence electrons. The van der Waals surface area contributed by atoms with Crippen molar-refractivity contribution in [3.63, 3.8) is 0 Å². The molecule has 0 N–H and O–H groups in total. The summed E-state index contributed by atoms with van der Waals surface area (Å²) in [4.78, 5) is 9.22. The lowest BCUT2D eigenvalue weighted by Crippen LogP contribution is -2.04. The molecule has 3 aromatic rings. The normalized spacial score (nSPS) is 12.3.